The molecular weight excluding hydrogens is 312 g/mol. The number of aliphatic carboxylic acids is 1. The second kappa shape index (κ2) is 7.38. The molecule has 1 aromatic carbocycles. The Labute approximate surface area is 121 Å². The summed E-state index contributed by atoms with van der Waals surface area (Å²) in [6, 6.07) is 1.95. The lowest BCUT2D eigenvalue weighted by atomic mass is 10.0. The van der Waals surface area contributed by atoms with E-state index >= 15 is 0 Å². The number of carbonyl (C=O) groups is 1. The van der Waals surface area contributed by atoms with Crippen LogP contribution in [-0.2, 0) is 17.6 Å². The van der Waals surface area contributed by atoms with Crippen molar-refractivity contribution in [3.63, 3.8) is 0 Å². The molecule has 0 saturated carbocycles. The smallest absolute Gasteiger partial charge is 0.303 e. The molecular formula is C14H19BrO4. The Hall–Kier alpha value is -1.23. The highest BCUT2D eigenvalue weighted by atomic mass is 79.9. The zero-order valence-electron chi connectivity index (χ0n) is 11.5. The Kier molecular flexibility index (Phi) is 6.15. The maximum absolute atomic E-state index is 10.6. The molecule has 0 aromatic heterocycles. The van der Waals surface area contributed by atoms with Gasteiger partial charge in [0.25, 0.3) is 0 Å². The van der Waals surface area contributed by atoms with Gasteiger partial charge in [0, 0.05) is 16.5 Å². The van der Waals surface area contributed by atoms with Gasteiger partial charge in [-0.2, -0.15) is 0 Å². The predicted octanol–water partition coefficient (Wildman–Crippen LogP) is 3.44. The monoisotopic (exact) mass is 330 g/mol. The van der Waals surface area contributed by atoms with Crippen LogP contribution in [0.4, 0.5) is 0 Å². The molecule has 0 fully saturated rings. The minimum absolute atomic E-state index is 0.147. The highest BCUT2D eigenvalue weighted by molar-refractivity contribution is 9.10. The molecule has 0 aliphatic carbocycles. The van der Waals surface area contributed by atoms with Gasteiger partial charge in [-0.3, -0.25) is 4.79 Å². The van der Waals surface area contributed by atoms with E-state index < -0.39 is 5.97 Å². The predicted molar refractivity (Wildman–Crippen MR) is 77.2 cm³/mol. The van der Waals surface area contributed by atoms with Crippen LogP contribution in [-0.4, -0.2) is 25.3 Å². The third-order valence-corrected chi connectivity index (χ3v) is 3.96. The summed E-state index contributed by atoms with van der Waals surface area (Å²) in [5, 5.41) is 8.72. The van der Waals surface area contributed by atoms with Gasteiger partial charge in [0.1, 0.15) is 0 Å². The highest BCUT2D eigenvalue weighted by Gasteiger charge is 2.17. The van der Waals surface area contributed by atoms with E-state index in [-0.39, 0.29) is 6.42 Å². The summed E-state index contributed by atoms with van der Waals surface area (Å²) in [4.78, 5) is 10.6. The molecule has 0 unspecified atom stereocenters. The third kappa shape index (κ3) is 3.86. The van der Waals surface area contributed by atoms with Crippen molar-refractivity contribution >= 4 is 21.9 Å². The summed E-state index contributed by atoms with van der Waals surface area (Å²) >= 11 is 3.58. The number of benzene rings is 1. The summed E-state index contributed by atoms with van der Waals surface area (Å²) in [6.07, 6.45) is 2.22. The lowest BCUT2D eigenvalue weighted by molar-refractivity contribution is -0.137. The largest absolute Gasteiger partial charge is 0.493 e. The van der Waals surface area contributed by atoms with E-state index in [1.165, 1.54) is 0 Å². The van der Waals surface area contributed by atoms with Crippen LogP contribution in [0, 0.1) is 0 Å². The number of aryl methyl sites for hydroxylation is 1. The Morgan fingerprint density at radius 1 is 1.37 bits per heavy atom. The molecule has 1 rings (SSSR count). The standard InChI is InChI=1S/C14H19BrO4/c1-4-9-8-11(18-2)14(19-3)10(13(9)15)6-5-7-12(16)17/h8H,4-7H2,1-3H3,(H,16,17). The van der Waals surface area contributed by atoms with Gasteiger partial charge in [0.2, 0.25) is 0 Å². The molecule has 1 N–H and O–H groups in total. The molecule has 0 aliphatic heterocycles. The first-order valence-electron chi connectivity index (χ1n) is 6.19. The van der Waals surface area contributed by atoms with Gasteiger partial charge in [0.15, 0.2) is 11.5 Å². The zero-order chi connectivity index (χ0) is 14.4. The average Bonchev–Trinajstić information content (AvgIpc) is 2.39. The van der Waals surface area contributed by atoms with Crippen molar-refractivity contribution in [2.45, 2.75) is 32.6 Å². The molecule has 0 spiro atoms. The molecule has 0 heterocycles. The van der Waals surface area contributed by atoms with Crippen molar-refractivity contribution in [3.8, 4) is 11.5 Å². The van der Waals surface area contributed by atoms with Crippen molar-refractivity contribution in [1.29, 1.82) is 0 Å². The first-order chi connectivity index (χ1) is 9.04. The topological polar surface area (TPSA) is 55.8 Å². The molecule has 19 heavy (non-hydrogen) atoms. The average molecular weight is 331 g/mol. The van der Waals surface area contributed by atoms with Crippen molar-refractivity contribution in [2.24, 2.45) is 0 Å². The fourth-order valence-electron chi connectivity index (χ4n) is 2.00. The quantitative estimate of drug-likeness (QED) is 0.832. The van der Waals surface area contributed by atoms with Crippen LogP contribution >= 0.6 is 15.9 Å². The highest BCUT2D eigenvalue weighted by Crippen LogP contribution is 2.39. The fourth-order valence-corrected chi connectivity index (χ4v) is 2.77. The van der Waals surface area contributed by atoms with E-state index in [0.29, 0.717) is 24.3 Å². The second-order valence-corrected chi connectivity index (χ2v) is 4.96. The summed E-state index contributed by atoms with van der Waals surface area (Å²) in [7, 11) is 3.20. The lowest BCUT2D eigenvalue weighted by Crippen LogP contribution is -2.02. The molecule has 0 atom stereocenters. The normalized spacial score (nSPS) is 10.3. The van der Waals surface area contributed by atoms with Crippen LogP contribution in [0.2, 0.25) is 0 Å². The zero-order valence-corrected chi connectivity index (χ0v) is 13.0. The van der Waals surface area contributed by atoms with Crippen LogP contribution in [0.25, 0.3) is 0 Å². The van der Waals surface area contributed by atoms with Gasteiger partial charge in [-0.15, -0.1) is 0 Å². The number of hydrogen-bond acceptors (Lipinski definition) is 3. The molecule has 106 valence electrons. The van der Waals surface area contributed by atoms with Gasteiger partial charge in [-0.25, -0.2) is 0 Å². The van der Waals surface area contributed by atoms with Crippen LogP contribution in [0.1, 0.15) is 30.9 Å². The summed E-state index contributed by atoms with van der Waals surface area (Å²) in [5.41, 5.74) is 2.10. The Bertz CT molecular complexity index is 457. The van der Waals surface area contributed by atoms with Gasteiger partial charge in [-0.05, 0) is 30.9 Å². The van der Waals surface area contributed by atoms with Crippen LogP contribution < -0.4 is 9.47 Å². The van der Waals surface area contributed by atoms with Gasteiger partial charge < -0.3 is 14.6 Å². The molecule has 0 aliphatic rings. The van der Waals surface area contributed by atoms with E-state index in [1.54, 1.807) is 14.2 Å². The van der Waals surface area contributed by atoms with Crippen molar-refractivity contribution in [1.82, 2.24) is 0 Å². The molecule has 4 nitrogen and oxygen atoms in total. The number of methoxy groups -OCH3 is 2. The maximum Gasteiger partial charge on any atom is 0.303 e. The number of ether oxygens (including phenoxy) is 2. The van der Waals surface area contributed by atoms with E-state index in [0.717, 1.165) is 22.0 Å². The Morgan fingerprint density at radius 3 is 2.53 bits per heavy atom. The van der Waals surface area contributed by atoms with Crippen LogP contribution in [0.3, 0.4) is 0 Å². The second-order valence-electron chi connectivity index (χ2n) is 4.16. The van der Waals surface area contributed by atoms with Gasteiger partial charge in [0.05, 0.1) is 14.2 Å². The van der Waals surface area contributed by atoms with Crippen LogP contribution in [0.5, 0.6) is 11.5 Å². The first-order valence-corrected chi connectivity index (χ1v) is 6.98. The summed E-state index contributed by atoms with van der Waals surface area (Å²) in [6.45, 7) is 2.06. The molecule has 0 amide bonds. The van der Waals surface area contributed by atoms with Crippen molar-refractivity contribution in [2.75, 3.05) is 14.2 Å². The molecule has 1 aromatic rings. The van der Waals surface area contributed by atoms with Gasteiger partial charge >= 0.3 is 5.97 Å². The number of carboxylic acid groups (broad SMARTS) is 1. The van der Waals surface area contributed by atoms with E-state index in [1.807, 2.05) is 6.07 Å². The number of halogens is 1. The van der Waals surface area contributed by atoms with Crippen molar-refractivity contribution in [3.05, 3.63) is 21.7 Å². The fraction of sp³-hybridized carbons (Fsp3) is 0.500. The number of hydrogen-bond donors (Lipinski definition) is 1. The number of rotatable bonds is 7. The molecule has 5 heteroatoms. The third-order valence-electron chi connectivity index (χ3n) is 2.97. The lowest BCUT2D eigenvalue weighted by Gasteiger charge is -2.17. The molecule has 0 bridgehead atoms. The molecule has 0 saturated heterocycles. The SMILES string of the molecule is CCc1cc(OC)c(OC)c(CCCC(=O)O)c1Br. The molecule has 0 radical (unpaired) electrons. The van der Waals surface area contributed by atoms with E-state index in [9.17, 15) is 4.79 Å². The van der Waals surface area contributed by atoms with Crippen LogP contribution in [0.15, 0.2) is 10.5 Å². The van der Waals surface area contributed by atoms with E-state index in [4.69, 9.17) is 14.6 Å². The minimum Gasteiger partial charge on any atom is -0.493 e. The number of carboxylic acids is 1. The Morgan fingerprint density at radius 2 is 2.05 bits per heavy atom. The van der Waals surface area contributed by atoms with E-state index in [2.05, 4.69) is 22.9 Å². The van der Waals surface area contributed by atoms with Crippen molar-refractivity contribution < 1.29 is 19.4 Å². The maximum atomic E-state index is 10.6. The summed E-state index contributed by atoms with van der Waals surface area (Å²) in [5.74, 6) is 0.582. The van der Waals surface area contributed by atoms with Gasteiger partial charge in [-0.1, -0.05) is 22.9 Å². The summed E-state index contributed by atoms with van der Waals surface area (Å²) < 4.78 is 11.7. The minimum atomic E-state index is -0.784. The first kappa shape index (κ1) is 15.8. The Balaban J connectivity index is 3.13.